The molecule has 1 fully saturated rings. The third-order valence-corrected chi connectivity index (χ3v) is 7.12. The molecule has 3 aromatic carbocycles. The summed E-state index contributed by atoms with van der Waals surface area (Å²) in [6.45, 7) is 0.699. The molecular weight excluding hydrogens is 518 g/mol. The fourth-order valence-corrected chi connectivity index (χ4v) is 5.00. The monoisotopic (exact) mass is 548 g/mol. The lowest BCUT2D eigenvalue weighted by Gasteiger charge is -2.33. The van der Waals surface area contributed by atoms with E-state index in [-0.39, 0.29) is 42.5 Å². The van der Waals surface area contributed by atoms with Crippen LogP contribution in [0.5, 0.6) is 0 Å². The van der Waals surface area contributed by atoms with E-state index in [4.69, 9.17) is 0 Å². The molecule has 1 aliphatic carbocycles. The molecule has 0 radical (unpaired) electrons. The number of halogens is 6. The van der Waals surface area contributed by atoms with E-state index in [0.29, 0.717) is 18.5 Å². The van der Waals surface area contributed by atoms with Gasteiger partial charge < -0.3 is 10.2 Å². The molecule has 0 heterocycles. The molecule has 4 rings (SSSR count). The van der Waals surface area contributed by atoms with Gasteiger partial charge in [0.1, 0.15) is 0 Å². The van der Waals surface area contributed by atoms with Gasteiger partial charge in [-0.15, -0.1) is 0 Å². The minimum Gasteiger partial charge on any atom is -0.312 e. The van der Waals surface area contributed by atoms with Crippen LogP contribution in [-0.4, -0.2) is 18.5 Å². The number of hydrogen-bond acceptors (Lipinski definition) is 2. The highest BCUT2D eigenvalue weighted by atomic mass is 19.4. The quantitative estimate of drug-likeness (QED) is 0.293. The summed E-state index contributed by atoms with van der Waals surface area (Å²) >= 11 is 0. The van der Waals surface area contributed by atoms with Gasteiger partial charge in [0.15, 0.2) is 0 Å². The fraction of sp³-hybridized carbons (Fsp3) is 0.367. The predicted octanol–water partition coefficient (Wildman–Crippen LogP) is 7.65. The van der Waals surface area contributed by atoms with Crippen molar-refractivity contribution >= 4 is 11.6 Å². The Balaban J connectivity index is 1.45. The van der Waals surface area contributed by atoms with E-state index >= 15 is 0 Å². The Labute approximate surface area is 223 Å². The van der Waals surface area contributed by atoms with Gasteiger partial charge in [-0.3, -0.25) is 4.79 Å². The van der Waals surface area contributed by atoms with E-state index in [1.807, 2.05) is 30.3 Å². The van der Waals surface area contributed by atoms with E-state index in [0.717, 1.165) is 31.5 Å². The molecule has 0 atom stereocenters. The van der Waals surface area contributed by atoms with Crippen molar-refractivity contribution in [2.75, 3.05) is 11.4 Å². The van der Waals surface area contributed by atoms with Crippen molar-refractivity contribution in [3.05, 3.63) is 101 Å². The second-order valence-corrected chi connectivity index (χ2v) is 9.90. The molecule has 208 valence electrons. The second kappa shape index (κ2) is 12.2. The standard InChI is InChI=1S/C30H30F6N2O/c31-29(32,33)24-17-22(18-25(19-24)30(34,35)36)15-16-38(27-9-5-2-6-10-27)28(39)23-11-13-26(14-12-23)37-20-21-7-3-1-4-8-21/h1-10,17-19,23,26,37H,11-16,20H2/t23-,26-. The van der Waals surface area contributed by atoms with Gasteiger partial charge in [0.05, 0.1) is 11.1 Å². The number of nitrogens with zero attached hydrogens (tertiary/aromatic N) is 1. The van der Waals surface area contributed by atoms with Crippen LogP contribution in [0.4, 0.5) is 32.0 Å². The molecular formula is C30H30F6N2O. The van der Waals surface area contributed by atoms with E-state index in [9.17, 15) is 31.1 Å². The topological polar surface area (TPSA) is 32.3 Å². The zero-order chi connectivity index (χ0) is 28.0. The molecule has 1 saturated carbocycles. The molecule has 9 heteroatoms. The number of carbonyl (C=O) groups excluding carboxylic acids is 1. The Bertz CT molecular complexity index is 1190. The lowest BCUT2D eigenvalue weighted by atomic mass is 9.85. The number of nitrogens with one attached hydrogen (secondary N) is 1. The zero-order valence-electron chi connectivity index (χ0n) is 21.2. The predicted molar refractivity (Wildman–Crippen MR) is 138 cm³/mol. The third kappa shape index (κ3) is 7.85. The van der Waals surface area contributed by atoms with Gasteiger partial charge in [-0.2, -0.15) is 26.3 Å². The molecule has 0 aliphatic heterocycles. The van der Waals surface area contributed by atoms with Crippen LogP contribution in [0.25, 0.3) is 0 Å². The van der Waals surface area contributed by atoms with Crippen LogP contribution >= 0.6 is 0 Å². The molecule has 0 spiro atoms. The summed E-state index contributed by atoms with van der Waals surface area (Å²) in [5.74, 6) is -0.432. The molecule has 0 aromatic heterocycles. The first-order valence-electron chi connectivity index (χ1n) is 12.9. The van der Waals surface area contributed by atoms with E-state index in [2.05, 4.69) is 5.32 Å². The average Bonchev–Trinajstić information content (AvgIpc) is 2.92. The second-order valence-electron chi connectivity index (χ2n) is 9.90. The summed E-state index contributed by atoms with van der Waals surface area (Å²) in [5.41, 5.74) is -1.10. The summed E-state index contributed by atoms with van der Waals surface area (Å²) in [6, 6.07) is 20.6. The van der Waals surface area contributed by atoms with Gasteiger partial charge in [0.2, 0.25) is 5.91 Å². The number of amides is 1. The van der Waals surface area contributed by atoms with E-state index in [1.165, 1.54) is 10.5 Å². The Morgan fingerprint density at radius 1 is 0.744 bits per heavy atom. The van der Waals surface area contributed by atoms with Crippen LogP contribution in [0.2, 0.25) is 0 Å². The SMILES string of the molecule is O=C([C@H]1CC[C@H](NCc2ccccc2)CC1)N(CCc1cc(C(F)(F)F)cc(C(F)(F)F)c1)c1ccccc1. The highest BCUT2D eigenvalue weighted by Gasteiger charge is 2.37. The fourth-order valence-electron chi connectivity index (χ4n) is 5.00. The largest absolute Gasteiger partial charge is 0.416 e. The van der Waals surface area contributed by atoms with Gasteiger partial charge in [-0.25, -0.2) is 0 Å². The molecule has 1 aliphatic rings. The number of alkyl halides is 6. The van der Waals surface area contributed by atoms with Crippen LogP contribution < -0.4 is 10.2 Å². The number of carbonyl (C=O) groups is 1. The van der Waals surface area contributed by atoms with Crippen molar-refractivity contribution in [2.45, 2.75) is 57.0 Å². The number of benzene rings is 3. The van der Waals surface area contributed by atoms with Crippen LogP contribution in [0.15, 0.2) is 78.9 Å². The molecule has 0 unspecified atom stereocenters. The van der Waals surface area contributed by atoms with Gasteiger partial charge >= 0.3 is 12.4 Å². The minimum absolute atomic E-state index is 0.0341. The van der Waals surface area contributed by atoms with Crippen molar-refractivity contribution in [3.8, 4) is 0 Å². The first-order chi connectivity index (χ1) is 18.5. The highest BCUT2D eigenvalue weighted by molar-refractivity contribution is 5.95. The van der Waals surface area contributed by atoms with Crippen molar-refractivity contribution < 1.29 is 31.1 Å². The number of para-hydroxylation sites is 1. The zero-order valence-corrected chi connectivity index (χ0v) is 21.2. The van der Waals surface area contributed by atoms with Gasteiger partial charge in [-0.05, 0) is 73.6 Å². The Morgan fingerprint density at radius 3 is 1.82 bits per heavy atom. The first kappa shape index (κ1) is 28.7. The van der Waals surface area contributed by atoms with Crippen LogP contribution in [0, 0.1) is 5.92 Å². The summed E-state index contributed by atoms with van der Waals surface area (Å²) in [5, 5.41) is 3.53. The number of anilines is 1. The number of hydrogen-bond donors (Lipinski definition) is 1. The van der Waals surface area contributed by atoms with Gasteiger partial charge in [0.25, 0.3) is 0 Å². The van der Waals surface area contributed by atoms with Crippen molar-refractivity contribution in [1.29, 1.82) is 0 Å². The van der Waals surface area contributed by atoms with Crippen LogP contribution in [-0.2, 0) is 30.1 Å². The summed E-state index contributed by atoms with van der Waals surface area (Å²) in [4.78, 5) is 15.1. The molecule has 39 heavy (non-hydrogen) atoms. The maximum absolute atomic E-state index is 13.6. The minimum atomic E-state index is -4.92. The number of rotatable bonds is 8. The normalized spacial score (nSPS) is 18.1. The van der Waals surface area contributed by atoms with Crippen molar-refractivity contribution in [1.82, 2.24) is 5.32 Å². The third-order valence-electron chi connectivity index (χ3n) is 7.12. The van der Waals surface area contributed by atoms with E-state index in [1.54, 1.807) is 30.3 Å². The van der Waals surface area contributed by atoms with E-state index < -0.39 is 23.5 Å². The van der Waals surface area contributed by atoms with Crippen LogP contribution in [0.1, 0.15) is 47.9 Å². The summed E-state index contributed by atoms with van der Waals surface area (Å²) in [6.07, 6.45) is -7.09. The lowest BCUT2D eigenvalue weighted by Crippen LogP contribution is -2.41. The van der Waals surface area contributed by atoms with Crippen molar-refractivity contribution in [2.24, 2.45) is 5.92 Å². The maximum atomic E-state index is 13.6. The Morgan fingerprint density at radius 2 is 1.28 bits per heavy atom. The first-order valence-corrected chi connectivity index (χ1v) is 12.9. The Hall–Kier alpha value is -3.33. The van der Waals surface area contributed by atoms with Gasteiger partial charge in [-0.1, -0.05) is 48.5 Å². The molecule has 3 nitrogen and oxygen atoms in total. The molecule has 0 bridgehead atoms. The maximum Gasteiger partial charge on any atom is 0.416 e. The molecule has 3 aromatic rings. The Kier molecular flexibility index (Phi) is 9.00. The average molecular weight is 549 g/mol. The van der Waals surface area contributed by atoms with Crippen LogP contribution in [0.3, 0.4) is 0 Å². The molecule has 1 amide bonds. The summed E-state index contributed by atoms with van der Waals surface area (Å²) in [7, 11) is 0. The van der Waals surface area contributed by atoms with Gasteiger partial charge in [0, 0.05) is 30.7 Å². The molecule has 0 saturated heterocycles. The molecule has 1 N–H and O–H groups in total. The highest BCUT2D eigenvalue weighted by Crippen LogP contribution is 2.37. The smallest absolute Gasteiger partial charge is 0.312 e. The van der Waals surface area contributed by atoms with Crippen molar-refractivity contribution in [3.63, 3.8) is 0 Å². The lowest BCUT2D eigenvalue weighted by molar-refractivity contribution is -0.143. The summed E-state index contributed by atoms with van der Waals surface area (Å²) < 4.78 is 79.9.